The maximum atomic E-state index is 12.3. The molecule has 0 aromatic carbocycles. The van der Waals surface area contributed by atoms with E-state index in [1.807, 2.05) is 12.3 Å². The number of halogens is 1. The number of piperazine rings is 1. The number of anilines is 1. The fourth-order valence-corrected chi connectivity index (χ4v) is 5.99. The molecule has 0 unspecified atom stereocenters. The number of amides is 1. The fourth-order valence-electron chi connectivity index (χ4n) is 4.48. The van der Waals surface area contributed by atoms with Gasteiger partial charge in [0.25, 0.3) is 0 Å². The van der Waals surface area contributed by atoms with Crippen LogP contribution in [0.3, 0.4) is 0 Å². The third-order valence-electron chi connectivity index (χ3n) is 6.34. The quantitative estimate of drug-likeness (QED) is 0.676. The molecule has 168 valence electrons. The molecule has 1 amide bonds. The van der Waals surface area contributed by atoms with Crippen LogP contribution in [-0.2, 0) is 33.7 Å². The Kier molecular flexibility index (Phi) is 5.29. The van der Waals surface area contributed by atoms with Gasteiger partial charge in [-0.3, -0.25) is 4.98 Å². The van der Waals surface area contributed by atoms with Gasteiger partial charge in [-0.2, -0.15) is 0 Å². The van der Waals surface area contributed by atoms with E-state index in [0.29, 0.717) is 39.3 Å². The van der Waals surface area contributed by atoms with Gasteiger partial charge in [-0.1, -0.05) is 11.6 Å². The van der Waals surface area contributed by atoms with Gasteiger partial charge in [-0.25, -0.2) is 9.78 Å². The number of carbonyl (C=O) groups excluding carboxylic acids is 1. The van der Waals surface area contributed by atoms with Gasteiger partial charge in [0.1, 0.15) is 5.01 Å². The Morgan fingerprint density at radius 3 is 2.78 bits per heavy atom. The van der Waals surface area contributed by atoms with Crippen molar-refractivity contribution in [2.24, 2.45) is 0 Å². The maximum absolute atomic E-state index is 12.3. The van der Waals surface area contributed by atoms with Crippen molar-refractivity contribution in [2.75, 3.05) is 50.9 Å². The highest BCUT2D eigenvalue weighted by molar-refractivity contribution is 7.13. The second-order valence-corrected chi connectivity index (χ2v) is 9.79. The predicted molar refractivity (Wildman–Crippen MR) is 121 cm³/mol. The SMILES string of the molecule is O=C(OC1COC1)N1CCN(c2ccnc3c2C(Cl)=C(c2nc4c(s2)COCC4)C3)CC1. The molecular formula is C22H23ClN4O4S. The van der Waals surface area contributed by atoms with E-state index in [1.165, 1.54) is 4.88 Å². The second-order valence-electron chi connectivity index (χ2n) is 8.33. The molecule has 0 saturated carbocycles. The van der Waals surface area contributed by atoms with Crippen LogP contribution in [0.15, 0.2) is 12.3 Å². The first kappa shape index (κ1) is 20.4. The zero-order valence-corrected chi connectivity index (χ0v) is 19.1. The molecule has 0 atom stereocenters. The Balaban J connectivity index is 1.21. The molecule has 0 bridgehead atoms. The number of allylic oxidation sites excluding steroid dienone is 1. The van der Waals surface area contributed by atoms with E-state index in [4.69, 9.17) is 30.8 Å². The number of hydrogen-bond acceptors (Lipinski definition) is 8. The number of carbonyl (C=O) groups is 1. The standard InChI is InChI=1S/C22H23ClN4O4S/c23-20-14(21-25-15-2-8-29-12-18(15)32-21)9-16-19(20)17(1-3-24-16)26-4-6-27(7-5-26)22(28)31-13-10-30-11-13/h1,3,13H,2,4-12H2. The molecular weight excluding hydrogens is 452 g/mol. The van der Waals surface area contributed by atoms with Crippen molar-refractivity contribution in [1.29, 1.82) is 0 Å². The number of fused-ring (bicyclic) bond motifs is 2. The summed E-state index contributed by atoms with van der Waals surface area (Å²) in [5.41, 5.74) is 5.23. The van der Waals surface area contributed by atoms with Gasteiger partial charge < -0.3 is 24.0 Å². The zero-order valence-electron chi connectivity index (χ0n) is 17.5. The summed E-state index contributed by atoms with van der Waals surface area (Å²) < 4.78 is 16.1. The van der Waals surface area contributed by atoms with E-state index < -0.39 is 0 Å². The summed E-state index contributed by atoms with van der Waals surface area (Å²) in [7, 11) is 0. The molecule has 5 heterocycles. The molecule has 10 heteroatoms. The van der Waals surface area contributed by atoms with Crippen LogP contribution in [-0.4, -0.2) is 73.1 Å². The third kappa shape index (κ3) is 3.57. The first-order chi connectivity index (χ1) is 15.7. The van der Waals surface area contributed by atoms with Crippen LogP contribution in [0.1, 0.15) is 26.8 Å². The van der Waals surface area contributed by atoms with Gasteiger partial charge in [-0.05, 0) is 6.07 Å². The molecule has 0 radical (unpaired) electrons. The van der Waals surface area contributed by atoms with Gasteiger partial charge in [0, 0.05) is 62.0 Å². The van der Waals surface area contributed by atoms with Gasteiger partial charge in [0.05, 0.1) is 47.7 Å². The lowest BCUT2D eigenvalue weighted by Crippen LogP contribution is -2.51. The topological polar surface area (TPSA) is 77.0 Å². The summed E-state index contributed by atoms with van der Waals surface area (Å²) >= 11 is 8.62. The monoisotopic (exact) mass is 474 g/mol. The molecule has 0 spiro atoms. The third-order valence-corrected chi connectivity index (χ3v) is 7.89. The second kappa shape index (κ2) is 8.30. The van der Waals surface area contributed by atoms with Crippen LogP contribution in [0.2, 0.25) is 0 Å². The highest BCUT2D eigenvalue weighted by atomic mass is 35.5. The molecule has 2 aromatic heterocycles. The molecule has 32 heavy (non-hydrogen) atoms. The number of thiazole rings is 1. The zero-order chi connectivity index (χ0) is 21.7. The molecule has 2 saturated heterocycles. The van der Waals surface area contributed by atoms with Gasteiger partial charge in [0.2, 0.25) is 0 Å². The van der Waals surface area contributed by atoms with Crippen LogP contribution in [0.4, 0.5) is 10.5 Å². The molecule has 2 aromatic rings. The van der Waals surface area contributed by atoms with Gasteiger partial charge in [0.15, 0.2) is 6.10 Å². The fraction of sp³-hybridized carbons (Fsp3) is 0.500. The summed E-state index contributed by atoms with van der Waals surface area (Å²) in [6.45, 7) is 5.00. The van der Waals surface area contributed by atoms with E-state index in [2.05, 4.69) is 9.88 Å². The number of aromatic nitrogens is 2. The van der Waals surface area contributed by atoms with E-state index in [9.17, 15) is 4.79 Å². The first-order valence-electron chi connectivity index (χ1n) is 10.9. The molecule has 1 aliphatic carbocycles. The molecule has 4 aliphatic rings. The largest absolute Gasteiger partial charge is 0.441 e. The maximum Gasteiger partial charge on any atom is 0.410 e. The Morgan fingerprint density at radius 1 is 1.19 bits per heavy atom. The normalized spacial score (nSPS) is 20.8. The molecule has 3 aliphatic heterocycles. The van der Waals surface area contributed by atoms with Crippen LogP contribution in [0.5, 0.6) is 0 Å². The van der Waals surface area contributed by atoms with Crippen molar-refractivity contribution in [3.63, 3.8) is 0 Å². The lowest BCUT2D eigenvalue weighted by atomic mass is 10.1. The Labute approximate surface area is 194 Å². The summed E-state index contributed by atoms with van der Waals surface area (Å²) in [6, 6.07) is 2.02. The minimum atomic E-state index is -0.255. The van der Waals surface area contributed by atoms with Gasteiger partial charge >= 0.3 is 6.09 Å². The number of hydrogen-bond donors (Lipinski definition) is 0. The summed E-state index contributed by atoms with van der Waals surface area (Å²) in [6.07, 6.45) is 3.03. The Hall–Kier alpha value is -2.20. The average molecular weight is 475 g/mol. The number of nitrogens with zero attached hydrogens (tertiary/aromatic N) is 4. The smallest absolute Gasteiger partial charge is 0.410 e. The van der Waals surface area contributed by atoms with Crippen LogP contribution in [0, 0.1) is 0 Å². The van der Waals surface area contributed by atoms with Crippen LogP contribution < -0.4 is 4.90 Å². The lowest BCUT2D eigenvalue weighted by Gasteiger charge is -2.37. The van der Waals surface area contributed by atoms with E-state index in [1.54, 1.807) is 16.2 Å². The highest BCUT2D eigenvalue weighted by Gasteiger charge is 2.32. The molecule has 0 N–H and O–H groups in total. The van der Waals surface area contributed by atoms with E-state index in [0.717, 1.165) is 64.4 Å². The molecule has 8 nitrogen and oxygen atoms in total. The van der Waals surface area contributed by atoms with Crippen molar-refractivity contribution >= 4 is 45.3 Å². The number of pyridine rings is 1. The van der Waals surface area contributed by atoms with Crippen molar-refractivity contribution < 1.29 is 19.0 Å². The number of rotatable bonds is 3. The molecule has 6 rings (SSSR count). The van der Waals surface area contributed by atoms with Gasteiger partial charge in [-0.15, -0.1) is 11.3 Å². The van der Waals surface area contributed by atoms with Crippen LogP contribution >= 0.6 is 22.9 Å². The minimum Gasteiger partial charge on any atom is -0.441 e. The summed E-state index contributed by atoms with van der Waals surface area (Å²) in [5.74, 6) is 0. The first-order valence-corrected chi connectivity index (χ1v) is 12.1. The van der Waals surface area contributed by atoms with E-state index in [-0.39, 0.29) is 12.2 Å². The predicted octanol–water partition coefficient (Wildman–Crippen LogP) is 2.93. The van der Waals surface area contributed by atoms with Crippen molar-refractivity contribution in [1.82, 2.24) is 14.9 Å². The summed E-state index contributed by atoms with van der Waals surface area (Å²) in [5, 5.41) is 1.71. The molecule has 2 fully saturated rings. The van der Waals surface area contributed by atoms with Crippen molar-refractivity contribution in [2.45, 2.75) is 25.6 Å². The summed E-state index contributed by atoms with van der Waals surface area (Å²) in [4.78, 5) is 27.1. The van der Waals surface area contributed by atoms with Crippen molar-refractivity contribution in [3.05, 3.63) is 39.1 Å². The Bertz CT molecular complexity index is 1070. The average Bonchev–Trinajstić information content (AvgIpc) is 3.37. The minimum absolute atomic E-state index is 0.102. The van der Waals surface area contributed by atoms with Crippen LogP contribution in [0.25, 0.3) is 10.6 Å². The Morgan fingerprint density at radius 2 is 2.03 bits per heavy atom. The van der Waals surface area contributed by atoms with Crippen molar-refractivity contribution in [3.8, 4) is 0 Å². The highest BCUT2D eigenvalue weighted by Crippen LogP contribution is 2.45. The van der Waals surface area contributed by atoms with E-state index >= 15 is 0 Å². The number of ether oxygens (including phenoxy) is 3. The lowest BCUT2D eigenvalue weighted by molar-refractivity contribution is -0.104.